The molecule has 5 nitrogen and oxygen atoms in total. The molecule has 7 heteroatoms. The van der Waals surface area contributed by atoms with E-state index in [4.69, 9.17) is 16.6 Å². The summed E-state index contributed by atoms with van der Waals surface area (Å²) in [6, 6.07) is 7.82. The van der Waals surface area contributed by atoms with Crippen LogP contribution in [-0.2, 0) is 11.2 Å². The predicted octanol–water partition coefficient (Wildman–Crippen LogP) is 5.28. The summed E-state index contributed by atoms with van der Waals surface area (Å²) in [5, 5.41) is 1.69. The fourth-order valence-electron chi connectivity index (χ4n) is 4.13. The number of amides is 1. The van der Waals surface area contributed by atoms with Crippen LogP contribution in [0.5, 0.6) is 0 Å². The van der Waals surface area contributed by atoms with Crippen LogP contribution in [-0.4, -0.2) is 46.3 Å². The van der Waals surface area contributed by atoms with Gasteiger partial charge in [0.25, 0.3) is 0 Å². The normalized spacial score (nSPS) is 16.4. The number of aromatic nitrogens is 2. The van der Waals surface area contributed by atoms with Crippen molar-refractivity contribution >= 4 is 34.2 Å². The Morgan fingerprint density at radius 2 is 1.90 bits per heavy atom. The van der Waals surface area contributed by atoms with Gasteiger partial charge >= 0.3 is 0 Å². The van der Waals surface area contributed by atoms with Gasteiger partial charge in [0, 0.05) is 55.6 Å². The van der Waals surface area contributed by atoms with Gasteiger partial charge in [0.05, 0.1) is 0 Å². The topological polar surface area (TPSA) is 49.3 Å². The molecule has 1 fully saturated rings. The minimum atomic E-state index is 0.261. The number of carbonyl (C=O) groups is 1. The Kier molecular flexibility index (Phi) is 7.75. The predicted molar refractivity (Wildman–Crippen MR) is 125 cm³/mol. The molecule has 1 aromatic carbocycles. The molecule has 0 spiro atoms. The number of rotatable bonds is 6. The van der Waals surface area contributed by atoms with Crippen molar-refractivity contribution in [3.8, 4) is 0 Å². The third-order valence-electron chi connectivity index (χ3n) is 5.34. The van der Waals surface area contributed by atoms with Crippen LogP contribution in [0.2, 0.25) is 5.02 Å². The highest BCUT2D eigenvalue weighted by Crippen LogP contribution is 2.27. The van der Waals surface area contributed by atoms with Crippen molar-refractivity contribution in [2.75, 3.05) is 31.1 Å². The highest BCUT2D eigenvalue weighted by Gasteiger charge is 2.24. The van der Waals surface area contributed by atoms with Crippen molar-refractivity contribution < 1.29 is 4.79 Å². The lowest BCUT2D eigenvalue weighted by molar-refractivity contribution is -0.132. The zero-order chi connectivity index (χ0) is 21.7. The number of benzene rings is 1. The number of nitrogens with zero attached hydrogens (tertiary/aromatic N) is 4. The highest BCUT2D eigenvalue weighted by atomic mass is 35.5. The van der Waals surface area contributed by atoms with E-state index in [2.05, 4.69) is 37.0 Å². The molecule has 1 unspecified atom stereocenters. The minimum Gasteiger partial charge on any atom is -0.345 e. The van der Waals surface area contributed by atoms with Crippen LogP contribution >= 0.6 is 23.1 Å². The first-order valence-electron chi connectivity index (χ1n) is 10.8. The van der Waals surface area contributed by atoms with E-state index in [-0.39, 0.29) is 11.3 Å². The maximum atomic E-state index is 12.8. The molecule has 0 radical (unpaired) electrons. The fourth-order valence-corrected chi connectivity index (χ4v) is 5.00. The van der Waals surface area contributed by atoms with E-state index in [1.54, 1.807) is 0 Å². The molecule has 0 bridgehead atoms. The summed E-state index contributed by atoms with van der Waals surface area (Å²) in [5.41, 5.74) is 1.41. The summed E-state index contributed by atoms with van der Waals surface area (Å²) < 4.78 is 4.54. The molecular formula is C23H33ClN4OS. The smallest absolute Gasteiger partial charge is 0.222 e. The molecule has 1 atom stereocenters. The van der Waals surface area contributed by atoms with Gasteiger partial charge in [0.15, 0.2) is 0 Å². The molecule has 0 saturated carbocycles. The van der Waals surface area contributed by atoms with E-state index in [9.17, 15) is 4.79 Å². The lowest BCUT2D eigenvalue weighted by atomic mass is 9.84. The number of hydrogen-bond acceptors (Lipinski definition) is 5. The van der Waals surface area contributed by atoms with Crippen LogP contribution in [0.1, 0.15) is 58.3 Å². The fraction of sp³-hybridized carbons (Fsp3) is 0.609. The monoisotopic (exact) mass is 448 g/mol. The molecule has 0 N–H and O–H groups in total. The van der Waals surface area contributed by atoms with E-state index in [0.717, 1.165) is 60.6 Å². The highest BCUT2D eigenvalue weighted by molar-refractivity contribution is 7.09. The Morgan fingerprint density at radius 1 is 1.17 bits per heavy atom. The Labute approximate surface area is 189 Å². The maximum Gasteiger partial charge on any atom is 0.222 e. The summed E-state index contributed by atoms with van der Waals surface area (Å²) in [6.45, 7) is 12.2. The van der Waals surface area contributed by atoms with E-state index in [1.807, 2.05) is 29.2 Å². The third-order valence-corrected chi connectivity index (χ3v) is 6.40. The van der Waals surface area contributed by atoms with Crippen LogP contribution in [0.4, 0.5) is 5.13 Å². The quantitative estimate of drug-likeness (QED) is 0.602. The standard InChI is InChI=1S/C23H33ClN4OS/c1-17(16-23(2,3)4)14-21(29)27-10-5-11-28(13-12-27)22-25-20(26-30-22)15-18-6-8-19(24)9-7-18/h6-9,17H,5,10-16H2,1-4H3. The van der Waals surface area contributed by atoms with Crippen molar-refractivity contribution in [2.24, 2.45) is 11.3 Å². The number of halogens is 1. The first-order valence-corrected chi connectivity index (χ1v) is 11.9. The van der Waals surface area contributed by atoms with Gasteiger partial charge in [-0.3, -0.25) is 4.79 Å². The molecule has 1 amide bonds. The van der Waals surface area contributed by atoms with Crippen LogP contribution in [0.25, 0.3) is 0 Å². The second-order valence-corrected chi connectivity index (χ2v) is 10.8. The number of anilines is 1. The zero-order valence-electron chi connectivity index (χ0n) is 18.5. The lowest BCUT2D eigenvalue weighted by Gasteiger charge is -2.26. The van der Waals surface area contributed by atoms with Crippen LogP contribution in [0, 0.1) is 11.3 Å². The molecule has 1 aromatic heterocycles. The average molecular weight is 449 g/mol. The molecule has 1 aliphatic heterocycles. The van der Waals surface area contributed by atoms with Crippen LogP contribution in [0.3, 0.4) is 0 Å². The molecule has 0 aliphatic carbocycles. The SMILES string of the molecule is CC(CC(=O)N1CCCN(c2nc(Cc3ccc(Cl)cc3)ns2)CC1)CC(C)(C)C. The third kappa shape index (κ3) is 6.95. The molecule has 2 aromatic rings. The number of carbonyl (C=O) groups excluding carboxylic acids is 1. The summed E-state index contributed by atoms with van der Waals surface area (Å²) in [5.74, 6) is 1.54. The van der Waals surface area contributed by atoms with Gasteiger partial charge < -0.3 is 9.80 Å². The Balaban J connectivity index is 1.53. The summed E-state index contributed by atoms with van der Waals surface area (Å²) >= 11 is 7.41. The van der Waals surface area contributed by atoms with Gasteiger partial charge in [0.2, 0.25) is 11.0 Å². The van der Waals surface area contributed by atoms with Gasteiger partial charge in [-0.05, 0) is 41.9 Å². The summed E-state index contributed by atoms with van der Waals surface area (Å²) in [6.07, 6.45) is 3.38. The van der Waals surface area contributed by atoms with Gasteiger partial charge in [-0.1, -0.05) is 51.4 Å². The Morgan fingerprint density at radius 3 is 2.60 bits per heavy atom. The maximum absolute atomic E-state index is 12.8. The Bertz CT molecular complexity index is 830. The molecule has 2 heterocycles. The largest absolute Gasteiger partial charge is 0.345 e. The van der Waals surface area contributed by atoms with E-state index >= 15 is 0 Å². The van der Waals surface area contributed by atoms with Crippen molar-refractivity contribution in [1.82, 2.24) is 14.3 Å². The van der Waals surface area contributed by atoms with Crippen molar-refractivity contribution in [3.63, 3.8) is 0 Å². The molecule has 30 heavy (non-hydrogen) atoms. The second-order valence-electron chi connectivity index (χ2n) is 9.59. The zero-order valence-corrected chi connectivity index (χ0v) is 20.1. The summed E-state index contributed by atoms with van der Waals surface area (Å²) in [4.78, 5) is 21.9. The first-order chi connectivity index (χ1) is 14.2. The van der Waals surface area contributed by atoms with Gasteiger partial charge in [0.1, 0.15) is 5.82 Å². The molecular weight excluding hydrogens is 416 g/mol. The van der Waals surface area contributed by atoms with E-state index in [0.29, 0.717) is 18.8 Å². The van der Waals surface area contributed by atoms with Crippen LogP contribution in [0.15, 0.2) is 24.3 Å². The Hall–Kier alpha value is -1.66. The van der Waals surface area contributed by atoms with E-state index < -0.39 is 0 Å². The number of hydrogen-bond donors (Lipinski definition) is 0. The lowest BCUT2D eigenvalue weighted by Crippen LogP contribution is -2.36. The van der Waals surface area contributed by atoms with E-state index in [1.165, 1.54) is 11.5 Å². The van der Waals surface area contributed by atoms with Crippen molar-refractivity contribution in [2.45, 2.75) is 53.4 Å². The average Bonchev–Trinajstić information content (AvgIpc) is 2.96. The molecule has 1 aliphatic rings. The summed E-state index contributed by atoms with van der Waals surface area (Å²) in [7, 11) is 0. The van der Waals surface area contributed by atoms with Crippen molar-refractivity contribution in [1.29, 1.82) is 0 Å². The molecule has 164 valence electrons. The van der Waals surface area contributed by atoms with Gasteiger partial charge in [-0.2, -0.15) is 4.37 Å². The van der Waals surface area contributed by atoms with Gasteiger partial charge in [-0.25, -0.2) is 4.98 Å². The molecule has 1 saturated heterocycles. The second kappa shape index (κ2) is 10.1. The van der Waals surface area contributed by atoms with Crippen LogP contribution < -0.4 is 4.90 Å². The first kappa shape index (κ1) is 23.0. The van der Waals surface area contributed by atoms with Gasteiger partial charge in [-0.15, -0.1) is 0 Å². The van der Waals surface area contributed by atoms with Crippen molar-refractivity contribution in [3.05, 3.63) is 40.7 Å². The molecule has 3 rings (SSSR count). The minimum absolute atomic E-state index is 0.261.